The fourth-order valence-electron chi connectivity index (χ4n) is 4.90. The third-order valence-corrected chi connectivity index (χ3v) is 6.77. The van der Waals surface area contributed by atoms with E-state index in [-0.39, 0.29) is 5.91 Å². The number of likely N-dealkylation sites (tertiary alicyclic amines) is 2. The maximum atomic E-state index is 12.9. The number of rotatable bonds is 5. The zero-order valence-electron chi connectivity index (χ0n) is 16.2. The predicted octanol–water partition coefficient (Wildman–Crippen LogP) is 3.21. The number of hydrogen-bond donors (Lipinski definition) is 0. The van der Waals surface area contributed by atoms with Crippen LogP contribution in [0.25, 0.3) is 0 Å². The fraction of sp³-hybridized carbons (Fsp3) is 0.682. The second-order valence-electron chi connectivity index (χ2n) is 8.84. The normalized spacial score (nSPS) is 25.8. The zero-order valence-corrected chi connectivity index (χ0v) is 16.2. The first kappa shape index (κ1) is 18.0. The van der Waals surface area contributed by atoms with E-state index < -0.39 is 0 Å². The van der Waals surface area contributed by atoms with Gasteiger partial charge in [0.05, 0.1) is 6.61 Å². The van der Waals surface area contributed by atoms with Crippen LogP contribution >= 0.6 is 0 Å². The van der Waals surface area contributed by atoms with Crippen molar-refractivity contribution in [3.05, 3.63) is 35.4 Å². The van der Waals surface area contributed by atoms with Crippen molar-refractivity contribution >= 4 is 5.91 Å². The molecular weight excluding hydrogens is 324 g/mol. The van der Waals surface area contributed by atoms with Gasteiger partial charge in [0, 0.05) is 44.3 Å². The Morgan fingerprint density at radius 3 is 2.62 bits per heavy atom. The van der Waals surface area contributed by atoms with Crippen LogP contribution in [-0.2, 0) is 4.74 Å². The number of piperidine rings is 1. The molecule has 2 heterocycles. The summed E-state index contributed by atoms with van der Waals surface area (Å²) in [6, 6.07) is 7.94. The molecule has 1 aromatic rings. The van der Waals surface area contributed by atoms with E-state index in [0.717, 1.165) is 69.3 Å². The number of benzene rings is 1. The first-order valence-electron chi connectivity index (χ1n) is 10.2. The summed E-state index contributed by atoms with van der Waals surface area (Å²) in [5.41, 5.74) is 2.27. The van der Waals surface area contributed by atoms with Crippen molar-refractivity contribution in [2.45, 2.75) is 32.6 Å². The topological polar surface area (TPSA) is 32.8 Å². The van der Waals surface area contributed by atoms with Crippen LogP contribution < -0.4 is 0 Å². The molecule has 1 unspecified atom stereocenters. The lowest BCUT2D eigenvalue weighted by molar-refractivity contribution is 0.0180. The molecule has 4 heteroatoms. The highest BCUT2D eigenvalue weighted by atomic mass is 16.5. The Kier molecular flexibility index (Phi) is 5.07. The second kappa shape index (κ2) is 7.32. The summed E-state index contributed by atoms with van der Waals surface area (Å²) in [5, 5.41) is 0. The third-order valence-electron chi connectivity index (χ3n) is 6.77. The van der Waals surface area contributed by atoms with Crippen molar-refractivity contribution in [3.8, 4) is 0 Å². The molecule has 1 aromatic carbocycles. The molecule has 4 nitrogen and oxygen atoms in total. The molecule has 4 rings (SSSR count). The average molecular weight is 357 g/mol. The van der Waals surface area contributed by atoms with Crippen LogP contribution in [0.3, 0.4) is 0 Å². The van der Waals surface area contributed by atoms with Gasteiger partial charge in [-0.25, -0.2) is 0 Å². The Morgan fingerprint density at radius 2 is 1.92 bits per heavy atom. The minimum atomic E-state index is 0.200. The summed E-state index contributed by atoms with van der Waals surface area (Å²) in [6.07, 6.45) is 4.91. The minimum absolute atomic E-state index is 0.200. The first-order valence-corrected chi connectivity index (χ1v) is 10.2. The van der Waals surface area contributed by atoms with E-state index in [0.29, 0.717) is 11.3 Å². The van der Waals surface area contributed by atoms with E-state index in [1.54, 1.807) is 0 Å². The summed E-state index contributed by atoms with van der Waals surface area (Å²) in [6.45, 7) is 7.91. The summed E-state index contributed by atoms with van der Waals surface area (Å²) >= 11 is 0. The van der Waals surface area contributed by atoms with Crippen LogP contribution in [0.5, 0.6) is 0 Å². The molecule has 1 saturated carbocycles. The molecule has 0 N–H and O–H groups in total. The van der Waals surface area contributed by atoms with Gasteiger partial charge in [0.1, 0.15) is 0 Å². The van der Waals surface area contributed by atoms with Gasteiger partial charge in [-0.2, -0.15) is 0 Å². The SMILES string of the molecule is Cc1ccccc1C(=O)N1CCC2(CC1)CN(C)CC2COCC1CC1. The largest absolute Gasteiger partial charge is 0.381 e. The van der Waals surface area contributed by atoms with Gasteiger partial charge in [-0.05, 0) is 62.6 Å². The summed E-state index contributed by atoms with van der Waals surface area (Å²) in [4.78, 5) is 17.4. The number of carbonyl (C=O) groups is 1. The van der Waals surface area contributed by atoms with Gasteiger partial charge in [0.15, 0.2) is 0 Å². The molecule has 2 aliphatic heterocycles. The molecule has 1 amide bonds. The van der Waals surface area contributed by atoms with E-state index in [1.807, 2.05) is 31.2 Å². The molecule has 1 spiro atoms. The van der Waals surface area contributed by atoms with Crippen LogP contribution in [0.4, 0.5) is 0 Å². The molecule has 1 aliphatic carbocycles. The smallest absolute Gasteiger partial charge is 0.254 e. The zero-order chi connectivity index (χ0) is 18.1. The van der Waals surface area contributed by atoms with Gasteiger partial charge in [-0.3, -0.25) is 4.79 Å². The molecule has 0 radical (unpaired) electrons. The van der Waals surface area contributed by atoms with Crippen LogP contribution in [0.2, 0.25) is 0 Å². The Morgan fingerprint density at radius 1 is 1.19 bits per heavy atom. The maximum absolute atomic E-state index is 12.9. The number of nitrogens with zero attached hydrogens (tertiary/aromatic N) is 2. The van der Waals surface area contributed by atoms with Gasteiger partial charge in [-0.15, -0.1) is 0 Å². The van der Waals surface area contributed by atoms with Crippen LogP contribution in [0.1, 0.15) is 41.6 Å². The number of hydrogen-bond acceptors (Lipinski definition) is 3. The quantitative estimate of drug-likeness (QED) is 0.812. The molecule has 3 aliphatic rings. The Labute approximate surface area is 157 Å². The van der Waals surface area contributed by atoms with Gasteiger partial charge in [0.2, 0.25) is 0 Å². The van der Waals surface area contributed by atoms with Crippen LogP contribution in [0, 0.1) is 24.2 Å². The number of amides is 1. The fourth-order valence-corrected chi connectivity index (χ4v) is 4.90. The molecule has 0 aromatic heterocycles. The Balaban J connectivity index is 1.37. The monoisotopic (exact) mass is 356 g/mol. The first-order chi connectivity index (χ1) is 12.6. The van der Waals surface area contributed by atoms with Crippen molar-refractivity contribution in [3.63, 3.8) is 0 Å². The van der Waals surface area contributed by atoms with Crippen molar-refractivity contribution in [1.29, 1.82) is 0 Å². The lowest BCUT2D eigenvalue weighted by Crippen LogP contribution is -2.47. The minimum Gasteiger partial charge on any atom is -0.381 e. The second-order valence-corrected chi connectivity index (χ2v) is 8.84. The van der Waals surface area contributed by atoms with Gasteiger partial charge in [0.25, 0.3) is 5.91 Å². The number of carbonyl (C=O) groups excluding carboxylic acids is 1. The molecule has 2 saturated heterocycles. The summed E-state index contributed by atoms with van der Waals surface area (Å²) in [5.74, 6) is 1.64. The summed E-state index contributed by atoms with van der Waals surface area (Å²) < 4.78 is 6.07. The van der Waals surface area contributed by atoms with E-state index in [4.69, 9.17) is 4.74 Å². The third kappa shape index (κ3) is 3.67. The van der Waals surface area contributed by atoms with Gasteiger partial charge < -0.3 is 14.5 Å². The molecule has 26 heavy (non-hydrogen) atoms. The van der Waals surface area contributed by atoms with Gasteiger partial charge >= 0.3 is 0 Å². The van der Waals surface area contributed by atoms with Crippen LogP contribution in [0.15, 0.2) is 24.3 Å². The van der Waals surface area contributed by atoms with E-state index >= 15 is 0 Å². The Hall–Kier alpha value is -1.39. The average Bonchev–Trinajstić information content (AvgIpc) is 3.40. The lowest BCUT2D eigenvalue weighted by Gasteiger charge is -2.42. The molecule has 0 bridgehead atoms. The highest BCUT2D eigenvalue weighted by Crippen LogP contribution is 2.44. The van der Waals surface area contributed by atoms with Crippen molar-refractivity contribution in [2.75, 3.05) is 46.4 Å². The van der Waals surface area contributed by atoms with Crippen LogP contribution in [-0.4, -0.2) is 62.1 Å². The number of aryl methyl sites for hydroxylation is 1. The highest BCUT2D eigenvalue weighted by Gasteiger charge is 2.47. The lowest BCUT2D eigenvalue weighted by atomic mass is 9.71. The molecule has 142 valence electrons. The maximum Gasteiger partial charge on any atom is 0.254 e. The van der Waals surface area contributed by atoms with Crippen molar-refractivity contribution < 1.29 is 9.53 Å². The van der Waals surface area contributed by atoms with Crippen molar-refractivity contribution in [2.24, 2.45) is 17.3 Å². The van der Waals surface area contributed by atoms with E-state index in [1.165, 1.54) is 12.8 Å². The molecule has 3 fully saturated rings. The summed E-state index contributed by atoms with van der Waals surface area (Å²) in [7, 11) is 2.23. The molecular formula is C22H32N2O2. The Bertz CT molecular complexity index is 647. The van der Waals surface area contributed by atoms with E-state index in [9.17, 15) is 4.79 Å². The predicted molar refractivity (Wildman–Crippen MR) is 103 cm³/mol. The van der Waals surface area contributed by atoms with Gasteiger partial charge in [-0.1, -0.05) is 18.2 Å². The standard InChI is InChI=1S/C22H32N2O2/c1-17-5-3-4-6-20(17)21(25)24-11-9-22(10-12-24)16-23(2)13-19(22)15-26-14-18-7-8-18/h3-6,18-19H,7-16H2,1-2H3. The van der Waals surface area contributed by atoms with E-state index in [2.05, 4.69) is 16.8 Å². The number of ether oxygens (including phenoxy) is 1. The molecule has 1 atom stereocenters. The highest BCUT2D eigenvalue weighted by molar-refractivity contribution is 5.95. The van der Waals surface area contributed by atoms with Crippen molar-refractivity contribution in [1.82, 2.24) is 9.80 Å².